The minimum atomic E-state index is 0.386. The third kappa shape index (κ3) is 2.43. The fraction of sp³-hybridized carbons (Fsp3) is 0.538. The lowest BCUT2D eigenvalue weighted by molar-refractivity contribution is 0.391. The number of aromatic hydroxyl groups is 1. The first-order valence-electron chi connectivity index (χ1n) is 5.91. The van der Waals surface area contributed by atoms with Crippen molar-refractivity contribution in [2.45, 2.75) is 25.7 Å². The molecule has 2 rings (SSSR count). The molecule has 0 saturated carbocycles. The molecule has 3 nitrogen and oxygen atoms in total. The van der Waals surface area contributed by atoms with E-state index in [1.165, 1.54) is 0 Å². The van der Waals surface area contributed by atoms with Gasteiger partial charge < -0.3 is 15.2 Å². The van der Waals surface area contributed by atoms with E-state index in [-0.39, 0.29) is 0 Å². The summed E-state index contributed by atoms with van der Waals surface area (Å²) >= 11 is 3.51. The van der Waals surface area contributed by atoms with E-state index in [9.17, 15) is 5.11 Å². The van der Waals surface area contributed by atoms with Gasteiger partial charge in [0.05, 0.1) is 11.6 Å². The van der Waals surface area contributed by atoms with Crippen LogP contribution < -0.4 is 10.1 Å². The van der Waals surface area contributed by atoms with Crippen LogP contribution in [0.25, 0.3) is 0 Å². The fourth-order valence-corrected chi connectivity index (χ4v) is 3.17. The number of halogens is 1. The number of nitrogens with one attached hydrogen (secondary N) is 1. The van der Waals surface area contributed by atoms with E-state index in [0.717, 1.165) is 47.3 Å². The van der Waals surface area contributed by atoms with Crippen LogP contribution >= 0.6 is 15.9 Å². The van der Waals surface area contributed by atoms with Gasteiger partial charge in [0.2, 0.25) is 0 Å². The zero-order chi connectivity index (χ0) is 12.4. The van der Waals surface area contributed by atoms with Gasteiger partial charge in [-0.05, 0) is 66.3 Å². The van der Waals surface area contributed by atoms with Crippen molar-refractivity contribution in [2.24, 2.45) is 0 Å². The number of benzene rings is 1. The molecule has 0 spiro atoms. The Hall–Kier alpha value is -0.740. The Kier molecular flexibility index (Phi) is 3.94. The van der Waals surface area contributed by atoms with E-state index >= 15 is 0 Å². The topological polar surface area (TPSA) is 41.5 Å². The van der Waals surface area contributed by atoms with Crippen molar-refractivity contribution >= 4 is 15.9 Å². The normalized spacial score (nSPS) is 17.1. The van der Waals surface area contributed by atoms with Crippen molar-refractivity contribution in [3.63, 3.8) is 0 Å². The van der Waals surface area contributed by atoms with Crippen LogP contribution in [0.5, 0.6) is 11.5 Å². The highest BCUT2D eigenvalue weighted by molar-refractivity contribution is 9.10. The number of hydrogen-bond donors (Lipinski definition) is 2. The minimum Gasteiger partial charge on any atom is -0.507 e. The van der Waals surface area contributed by atoms with Crippen LogP contribution in [0.3, 0.4) is 0 Å². The Morgan fingerprint density at radius 1 is 1.41 bits per heavy atom. The number of phenols is 1. The second-order valence-electron chi connectivity index (χ2n) is 4.48. The zero-order valence-electron chi connectivity index (χ0n) is 10.2. The summed E-state index contributed by atoms with van der Waals surface area (Å²) in [4.78, 5) is 0. The molecular weight excluding hydrogens is 282 g/mol. The molecular formula is C13H18BrNO2. The molecule has 1 heterocycles. The van der Waals surface area contributed by atoms with Crippen molar-refractivity contribution in [3.8, 4) is 11.5 Å². The summed E-state index contributed by atoms with van der Waals surface area (Å²) in [6.07, 6.45) is 2.15. The van der Waals surface area contributed by atoms with Crippen LogP contribution in [-0.2, 0) is 0 Å². The van der Waals surface area contributed by atoms with Crippen molar-refractivity contribution in [2.75, 3.05) is 20.2 Å². The fourth-order valence-electron chi connectivity index (χ4n) is 2.47. The van der Waals surface area contributed by atoms with Gasteiger partial charge in [-0.1, -0.05) is 0 Å². The van der Waals surface area contributed by atoms with Crippen molar-refractivity contribution < 1.29 is 9.84 Å². The molecule has 1 aromatic carbocycles. The summed E-state index contributed by atoms with van der Waals surface area (Å²) in [5, 5.41) is 13.6. The van der Waals surface area contributed by atoms with E-state index in [1.807, 2.05) is 13.0 Å². The summed E-state index contributed by atoms with van der Waals surface area (Å²) in [5.41, 5.74) is 1.85. The minimum absolute atomic E-state index is 0.386. The Labute approximate surface area is 110 Å². The summed E-state index contributed by atoms with van der Waals surface area (Å²) in [6, 6.07) is 2.00. The van der Waals surface area contributed by atoms with Gasteiger partial charge >= 0.3 is 0 Å². The SMILES string of the molecule is COc1c(Br)cc(C2CCNCC2)c(O)c1C. The Bertz CT molecular complexity index is 414. The molecule has 0 aromatic heterocycles. The molecule has 17 heavy (non-hydrogen) atoms. The van der Waals surface area contributed by atoms with Gasteiger partial charge in [0, 0.05) is 5.56 Å². The van der Waals surface area contributed by atoms with E-state index in [4.69, 9.17) is 4.74 Å². The molecule has 1 fully saturated rings. The highest BCUT2D eigenvalue weighted by Gasteiger charge is 2.22. The van der Waals surface area contributed by atoms with Gasteiger partial charge in [-0.3, -0.25) is 0 Å². The first-order valence-corrected chi connectivity index (χ1v) is 6.71. The highest BCUT2D eigenvalue weighted by atomic mass is 79.9. The maximum Gasteiger partial charge on any atom is 0.139 e. The van der Waals surface area contributed by atoms with Gasteiger partial charge in [-0.15, -0.1) is 0 Å². The Morgan fingerprint density at radius 3 is 2.65 bits per heavy atom. The number of hydrogen-bond acceptors (Lipinski definition) is 3. The lowest BCUT2D eigenvalue weighted by Crippen LogP contribution is -2.26. The first-order chi connectivity index (χ1) is 8.15. The molecule has 0 amide bonds. The molecule has 0 aliphatic carbocycles. The third-order valence-electron chi connectivity index (χ3n) is 3.45. The summed E-state index contributed by atoms with van der Waals surface area (Å²) in [5.74, 6) is 1.55. The third-order valence-corrected chi connectivity index (χ3v) is 4.04. The van der Waals surface area contributed by atoms with Crippen LogP contribution in [0.15, 0.2) is 10.5 Å². The average Bonchev–Trinajstić information content (AvgIpc) is 2.35. The van der Waals surface area contributed by atoms with Crippen molar-refractivity contribution in [1.82, 2.24) is 5.32 Å². The predicted molar refractivity (Wildman–Crippen MR) is 71.9 cm³/mol. The van der Waals surface area contributed by atoms with Gasteiger partial charge in [-0.25, -0.2) is 0 Å². The standard InChI is InChI=1S/C13H18BrNO2/c1-8-12(16)10(7-11(14)13(8)17-2)9-3-5-15-6-4-9/h7,9,15-16H,3-6H2,1-2H3. The predicted octanol–water partition coefficient (Wildman–Crippen LogP) is 2.94. The summed E-state index contributed by atoms with van der Waals surface area (Å²) < 4.78 is 6.20. The maximum absolute atomic E-state index is 10.3. The molecule has 94 valence electrons. The number of phenolic OH excluding ortho intramolecular Hbond substituents is 1. The number of rotatable bonds is 2. The van der Waals surface area contributed by atoms with Crippen LogP contribution in [0, 0.1) is 6.92 Å². The molecule has 1 saturated heterocycles. The molecule has 0 atom stereocenters. The molecule has 1 aliphatic rings. The summed E-state index contributed by atoms with van der Waals surface area (Å²) in [6.45, 7) is 3.93. The average molecular weight is 300 g/mol. The number of piperidine rings is 1. The smallest absolute Gasteiger partial charge is 0.139 e. The Morgan fingerprint density at radius 2 is 2.06 bits per heavy atom. The van der Waals surface area contributed by atoms with Crippen LogP contribution in [0.1, 0.15) is 29.9 Å². The number of methoxy groups -OCH3 is 1. The lowest BCUT2D eigenvalue weighted by atomic mass is 9.88. The second-order valence-corrected chi connectivity index (χ2v) is 5.33. The van der Waals surface area contributed by atoms with Crippen LogP contribution in [-0.4, -0.2) is 25.3 Å². The number of ether oxygens (including phenoxy) is 1. The van der Waals surface area contributed by atoms with Crippen molar-refractivity contribution in [1.29, 1.82) is 0 Å². The van der Waals surface area contributed by atoms with Gasteiger partial charge in [-0.2, -0.15) is 0 Å². The highest BCUT2D eigenvalue weighted by Crippen LogP contribution is 2.42. The molecule has 2 N–H and O–H groups in total. The van der Waals surface area contributed by atoms with E-state index in [0.29, 0.717) is 11.7 Å². The molecule has 1 aromatic rings. The van der Waals surface area contributed by atoms with Gasteiger partial charge in [0.15, 0.2) is 0 Å². The lowest BCUT2D eigenvalue weighted by Gasteiger charge is -2.25. The zero-order valence-corrected chi connectivity index (χ0v) is 11.8. The second kappa shape index (κ2) is 5.27. The molecule has 1 aliphatic heterocycles. The maximum atomic E-state index is 10.3. The quantitative estimate of drug-likeness (QED) is 0.882. The van der Waals surface area contributed by atoms with Crippen LogP contribution in [0.2, 0.25) is 0 Å². The largest absolute Gasteiger partial charge is 0.507 e. The molecule has 0 unspecified atom stereocenters. The van der Waals surface area contributed by atoms with E-state index < -0.39 is 0 Å². The summed E-state index contributed by atoms with van der Waals surface area (Å²) in [7, 11) is 1.62. The van der Waals surface area contributed by atoms with Crippen LogP contribution in [0.4, 0.5) is 0 Å². The van der Waals surface area contributed by atoms with Crippen molar-refractivity contribution in [3.05, 3.63) is 21.7 Å². The monoisotopic (exact) mass is 299 g/mol. The molecule has 4 heteroatoms. The van der Waals surface area contributed by atoms with Gasteiger partial charge in [0.25, 0.3) is 0 Å². The Balaban J connectivity index is 2.40. The van der Waals surface area contributed by atoms with Gasteiger partial charge in [0.1, 0.15) is 11.5 Å². The molecule has 0 radical (unpaired) electrons. The van der Waals surface area contributed by atoms with E-state index in [1.54, 1.807) is 7.11 Å². The molecule has 0 bridgehead atoms. The van der Waals surface area contributed by atoms with E-state index in [2.05, 4.69) is 21.2 Å². The first kappa shape index (κ1) is 12.7.